The van der Waals surface area contributed by atoms with Gasteiger partial charge in [0.2, 0.25) is 0 Å². The predicted octanol–water partition coefficient (Wildman–Crippen LogP) is 3.42. The average molecular weight is 214 g/mol. The molecule has 1 rings (SSSR count). The van der Waals surface area contributed by atoms with E-state index in [1.165, 1.54) is 16.7 Å². The highest BCUT2D eigenvalue weighted by Gasteiger charge is 1.92. The molecule has 0 saturated heterocycles. The van der Waals surface area contributed by atoms with Gasteiger partial charge in [-0.2, -0.15) is 0 Å². The van der Waals surface area contributed by atoms with Crippen molar-refractivity contribution in [3.05, 3.63) is 65.3 Å². The molecule has 0 atom stereocenters. The first kappa shape index (κ1) is 12.5. The second-order valence-corrected chi connectivity index (χ2v) is 3.71. The van der Waals surface area contributed by atoms with Crippen LogP contribution in [0.25, 0.3) is 6.08 Å². The van der Waals surface area contributed by atoms with Gasteiger partial charge in [-0.25, -0.2) is 0 Å². The van der Waals surface area contributed by atoms with E-state index in [-0.39, 0.29) is 6.61 Å². The van der Waals surface area contributed by atoms with Crippen LogP contribution in [0.15, 0.2) is 48.6 Å². The molecule has 0 bridgehead atoms. The molecule has 0 aliphatic carbocycles. The van der Waals surface area contributed by atoms with Crippen molar-refractivity contribution in [3.8, 4) is 0 Å². The largest absolute Gasteiger partial charge is 0.392 e. The minimum absolute atomic E-state index is 0.0884. The van der Waals surface area contributed by atoms with Gasteiger partial charge in [0.1, 0.15) is 0 Å². The molecule has 0 unspecified atom stereocenters. The van der Waals surface area contributed by atoms with Crippen LogP contribution in [0.4, 0.5) is 0 Å². The minimum atomic E-state index is 0.0884. The zero-order valence-corrected chi connectivity index (χ0v) is 9.85. The normalized spacial score (nSPS) is 12.2. The average Bonchev–Trinajstić information content (AvgIpc) is 2.26. The van der Waals surface area contributed by atoms with Crippen molar-refractivity contribution in [1.82, 2.24) is 0 Å². The van der Waals surface area contributed by atoms with Crippen molar-refractivity contribution in [1.29, 1.82) is 0 Å². The van der Waals surface area contributed by atoms with Gasteiger partial charge < -0.3 is 5.11 Å². The Morgan fingerprint density at radius 3 is 2.50 bits per heavy atom. The zero-order chi connectivity index (χ0) is 11.8. The second kappa shape index (κ2) is 6.81. The van der Waals surface area contributed by atoms with E-state index < -0.39 is 0 Å². The van der Waals surface area contributed by atoms with Gasteiger partial charge >= 0.3 is 0 Å². The molecule has 0 amide bonds. The summed E-state index contributed by atoms with van der Waals surface area (Å²) < 4.78 is 0. The van der Waals surface area contributed by atoms with E-state index in [9.17, 15) is 0 Å². The van der Waals surface area contributed by atoms with E-state index in [2.05, 4.69) is 38.1 Å². The summed E-state index contributed by atoms with van der Waals surface area (Å²) in [5.41, 5.74) is 3.81. The van der Waals surface area contributed by atoms with Gasteiger partial charge in [0.15, 0.2) is 0 Å². The fourth-order valence-corrected chi connectivity index (χ4v) is 1.44. The van der Waals surface area contributed by atoms with Gasteiger partial charge in [-0.15, -0.1) is 0 Å². The van der Waals surface area contributed by atoms with Crippen LogP contribution in [0, 0.1) is 13.8 Å². The molecule has 1 heteroatoms. The fraction of sp³-hybridized carbons (Fsp3) is 0.200. The lowest BCUT2D eigenvalue weighted by Crippen LogP contribution is -1.81. The third kappa shape index (κ3) is 4.28. The lowest BCUT2D eigenvalue weighted by Gasteiger charge is -2.00. The van der Waals surface area contributed by atoms with Crippen LogP contribution < -0.4 is 0 Å². The Morgan fingerprint density at radius 2 is 1.81 bits per heavy atom. The Bertz CT molecular complexity index is 411. The van der Waals surface area contributed by atoms with Crippen LogP contribution in [0.3, 0.4) is 0 Å². The van der Waals surface area contributed by atoms with Crippen LogP contribution in [0.1, 0.15) is 16.7 Å². The molecule has 1 aromatic rings. The minimum Gasteiger partial charge on any atom is -0.392 e. The molecule has 16 heavy (non-hydrogen) atoms. The quantitative estimate of drug-likeness (QED) is 0.761. The number of hydrogen-bond donors (Lipinski definition) is 1. The van der Waals surface area contributed by atoms with Gasteiger partial charge in [0.05, 0.1) is 6.61 Å². The second-order valence-electron chi connectivity index (χ2n) is 3.71. The lowest BCUT2D eigenvalue weighted by atomic mass is 10.1. The smallest absolute Gasteiger partial charge is 0.0615 e. The van der Waals surface area contributed by atoms with Crippen LogP contribution in [-0.2, 0) is 0 Å². The maximum atomic E-state index is 8.52. The molecule has 0 aliphatic rings. The lowest BCUT2D eigenvalue weighted by molar-refractivity contribution is 0.343. The van der Waals surface area contributed by atoms with Gasteiger partial charge in [0, 0.05) is 0 Å². The summed E-state index contributed by atoms with van der Waals surface area (Å²) in [7, 11) is 0. The van der Waals surface area contributed by atoms with Gasteiger partial charge in [0.25, 0.3) is 0 Å². The van der Waals surface area contributed by atoms with E-state index >= 15 is 0 Å². The molecular weight excluding hydrogens is 196 g/mol. The number of allylic oxidation sites excluding steroid dienone is 4. The summed E-state index contributed by atoms with van der Waals surface area (Å²) in [5, 5.41) is 8.52. The summed E-state index contributed by atoms with van der Waals surface area (Å²) >= 11 is 0. The molecule has 0 aromatic heterocycles. The summed E-state index contributed by atoms with van der Waals surface area (Å²) in [6.07, 6.45) is 11.5. The van der Waals surface area contributed by atoms with Crippen LogP contribution >= 0.6 is 0 Å². The Labute approximate surface area is 97.4 Å². The van der Waals surface area contributed by atoms with E-state index in [4.69, 9.17) is 5.11 Å². The van der Waals surface area contributed by atoms with Crippen LogP contribution in [0.5, 0.6) is 0 Å². The number of rotatable bonds is 4. The van der Waals surface area contributed by atoms with Crippen molar-refractivity contribution in [2.45, 2.75) is 13.8 Å². The van der Waals surface area contributed by atoms with Crippen molar-refractivity contribution in [2.75, 3.05) is 6.61 Å². The molecule has 0 radical (unpaired) electrons. The molecule has 0 fully saturated rings. The first-order chi connectivity index (χ1) is 7.74. The summed E-state index contributed by atoms with van der Waals surface area (Å²) in [6, 6.07) is 6.41. The van der Waals surface area contributed by atoms with E-state index in [0.29, 0.717) is 0 Å². The monoisotopic (exact) mass is 214 g/mol. The summed E-state index contributed by atoms with van der Waals surface area (Å²) in [5.74, 6) is 0. The molecular formula is C15H18O. The predicted molar refractivity (Wildman–Crippen MR) is 70.3 cm³/mol. The van der Waals surface area contributed by atoms with Crippen molar-refractivity contribution >= 4 is 6.08 Å². The fourth-order valence-electron chi connectivity index (χ4n) is 1.44. The van der Waals surface area contributed by atoms with Gasteiger partial charge in [-0.05, 0) is 25.0 Å². The van der Waals surface area contributed by atoms with Crippen LogP contribution in [-0.4, -0.2) is 11.7 Å². The van der Waals surface area contributed by atoms with Crippen molar-refractivity contribution < 1.29 is 5.11 Å². The standard InChI is InChI=1S/C15H18O/c1-13-9-10-15(14(2)12-13)8-6-4-3-5-7-11-16/h3-10,12,16H,11H2,1-2H3/b4-3+,7-5+,8-6?. The molecule has 0 saturated carbocycles. The molecule has 0 spiro atoms. The van der Waals surface area contributed by atoms with E-state index in [1.54, 1.807) is 6.08 Å². The summed E-state index contributed by atoms with van der Waals surface area (Å²) in [4.78, 5) is 0. The maximum Gasteiger partial charge on any atom is 0.0615 e. The Hall–Kier alpha value is -1.60. The van der Waals surface area contributed by atoms with Gasteiger partial charge in [-0.1, -0.05) is 60.2 Å². The molecule has 0 aliphatic heterocycles. The van der Waals surface area contributed by atoms with Crippen molar-refractivity contribution in [2.24, 2.45) is 0 Å². The number of benzene rings is 1. The first-order valence-corrected chi connectivity index (χ1v) is 5.42. The third-order valence-electron chi connectivity index (χ3n) is 2.28. The van der Waals surface area contributed by atoms with Gasteiger partial charge in [-0.3, -0.25) is 0 Å². The number of aryl methyl sites for hydroxylation is 2. The topological polar surface area (TPSA) is 20.2 Å². The number of aliphatic hydroxyl groups excluding tert-OH is 1. The van der Waals surface area contributed by atoms with Crippen molar-refractivity contribution in [3.63, 3.8) is 0 Å². The number of hydrogen-bond acceptors (Lipinski definition) is 1. The molecule has 1 N–H and O–H groups in total. The molecule has 0 heterocycles. The highest BCUT2D eigenvalue weighted by Crippen LogP contribution is 2.11. The zero-order valence-electron chi connectivity index (χ0n) is 9.85. The number of aliphatic hydroxyl groups is 1. The molecule has 1 aromatic carbocycles. The molecule has 1 nitrogen and oxygen atoms in total. The van der Waals surface area contributed by atoms with E-state index in [1.807, 2.05) is 24.3 Å². The maximum absolute atomic E-state index is 8.52. The SMILES string of the molecule is Cc1ccc(C=C/C=C/C=C/CO)c(C)c1. The highest BCUT2D eigenvalue weighted by atomic mass is 16.2. The van der Waals surface area contributed by atoms with Crippen LogP contribution in [0.2, 0.25) is 0 Å². The Balaban J connectivity index is 2.63. The first-order valence-electron chi connectivity index (χ1n) is 5.42. The Morgan fingerprint density at radius 1 is 1.06 bits per heavy atom. The third-order valence-corrected chi connectivity index (χ3v) is 2.28. The van der Waals surface area contributed by atoms with E-state index in [0.717, 1.165) is 0 Å². The Kier molecular flexibility index (Phi) is 5.30. The highest BCUT2D eigenvalue weighted by molar-refractivity contribution is 5.55. The summed E-state index contributed by atoms with van der Waals surface area (Å²) in [6.45, 7) is 4.30. The molecule has 84 valence electrons.